The van der Waals surface area contributed by atoms with Crippen LogP contribution in [0.4, 0.5) is 5.13 Å². The summed E-state index contributed by atoms with van der Waals surface area (Å²) >= 11 is 1.39. The van der Waals surface area contributed by atoms with Gasteiger partial charge in [0.1, 0.15) is 5.92 Å². The predicted molar refractivity (Wildman–Crippen MR) is 61.6 cm³/mol. The fourth-order valence-electron chi connectivity index (χ4n) is 1.80. The lowest BCUT2D eigenvalue weighted by Crippen LogP contribution is -2.18. The second-order valence-corrected chi connectivity index (χ2v) is 5.39. The molecule has 0 bridgehead atoms. The summed E-state index contributed by atoms with van der Waals surface area (Å²) in [6.45, 7) is 0. The second kappa shape index (κ2) is 3.76. The lowest BCUT2D eigenvalue weighted by atomic mass is 10.3. The van der Waals surface area contributed by atoms with Gasteiger partial charge in [-0.2, -0.15) is 0 Å². The van der Waals surface area contributed by atoms with Crippen LogP contribution >= 0.6 is 11.3 Å². The number of thiazole rings is 1. The number of hydrogen-bond acceptors (Lipinski definition) is 5. The molecule has 0 spiro atoms. The molecule has 0 radical (unpaired) electrons. The minimum absolute atomic E-state index is 0.275. The van der Waals surface area contributed by atoms with Crippen LogP contribution in [0.5, 0.6) is 0 Å². The minimum atomic E-state index is -0.696. The highest BCUT2D eigenvalue weighted by Crippen LogP contribution is 2.41. The first kappa shape index (κ1) is 10.6. The Morgan fingerprint density at radius 1 is 1.59 bits per heavy atom. The van der Waals surface area contributed by atoms with Crippen molar-refractivity contribution in [3.63, 3.8) is 0 Å². The van der Waals surface area contributed by atoms with E-state index in [4.69, 9.17) is 0 Å². The number of aromatic nitrogens is 1. The highest BCUT2D eigenvalue weighted by molar-refractivity contribution is 7.13. The van der Waals surface area contributed by atoms with Gasteiger partial charge in [0.05, 0.1) is 5.69 Å². The molecule has 0 saturated heterocycles. The van der Waals surface area contributed by atoms with Crippen LogP contribution in [-0.4, -0.2) is 21.9 Å². The molecular formula is C10H11N3O3S. The summed E-state index contributed by atoms with van der Waals surface area (Å²) in [5.74, 6) is -0.189. The van der Waals surface area contributed by atoms with Crippen LogP contribution < -0.4 is 5.32 Å². The molecule has 2 fully saturated rings. The molecule has 90 valence electrons. The second-order valence-electron chi connectivity index (χ2n) is 4.54. The summed E-state index contributed by atoms with van der Waals surface area (Å²) in [4.78, 5) is 26.0. The highest BCUT2D eigenvalue weighted by Gasteiger charge is 2.53. The van der Waals surface area contributed by atoms with Crippen molar-refractivity contribution in [1.29, 1.82) is 0 Å². The molecular weight excluding hydrogens is 242 g/mol. The number of carbonyl (C=O) groups excluding carboxylic acids is 1. The number of nitrogens with one attached hydrogen (secondary N) is 1. The summed E-state index contributed by atoms with van der Waals surface area (Å²) in [5, 5.41) is 15.6. The number of hydrogen-bond donors (Lipinski definition) is 1. The van der Waals surface area contributed by atoms with Gasteiger partial charge in [-0.15, -0.1) is 11.3 Å². The zero-order valence-corrected chi connectivity index (χ0v) is 9.77. The maximum atomic E-state index is 11.6. The van der Waals surface area contributed by atoms with Gasteiger partial charge < -0.3 is 5.32 Å². The van der Waals surface area contributed by atoms with Crippen LogP contribution in [0.3, 0.4) is 0 Å². The number of amides is 1. The van der Waals surface area contributed by atoms with Crippen LogP contribution in [0.25, 0.3) is 0 Å². The van der Waals surface area contributed by atoms with Crippen LogP contribution in [0.1, 0.15) is 30.9 Å². The van der Waals surface area contributed by atoms with E-state index in [1.165, 1.54) is 24.2 Å². The first-order valence-electron chi connectivity index (χ1n) is 5.55. The zero-order valence-electron chi connectivity index (χ0n) is 8.96. The van der Waals surface area contributed by atoms with Crippen molar-refractivity contribution < 1.29 is 9.72 Å². The lowest BCUT2D eigenvalue weighted by molar-refractivity contribution is -0.497. The van der Waals surface area contributed by atoms with Crippen molar-refractivity contribution in [1.82, 2.24) is 4.98 Å². The third kappa shape index (κ3) is 2.14. The first-order chi connectivity index (χ1) is 8.15. The van der Waals surface area contributed by atoms with Crippen molar-refractivity contribution in [2.45, 2.75) is 31.2 Å². The molecule has 2 atom stereocenters. The average Bonchev–Trinajstić information content (AvgIpc) is 3.17. The molecule has 0 aromatic carbocycles. The van der Waals surface area contributed by atoms with E-state index in [2.05, 4.69) is 10.3 Å². The Hall–Kier alpha value is -1.50. The minimum Gasteiger partial charge on any atom is -0.301 e. The van der Waals surface area contributed by atoms with Gasteiger partial charge in [-0.05, 0) is 12.8 Å². The van der Waals surface area contributed by atoms with E-state index in [-0.39, 0.29) is 10.8 Å². The van der Waals surface area contributed by atoms with Gasteiger partial charge in [-0.1, -0.05) is 0 Å². The molecule has 2 aliphatic rings. The normalized spacial score (nSPS) is 26.6. The predicted octanol–water partition coefficient (Wildman–Crippen LogP) is 1.62. The van der Waals surface area contributed by atoms with E-state index in [0.717, 1.165) is 5.69 Å². The van der Waals surface area contributed by atoms with Gasteiger partial charge in [0, 0.05) is 22.6 Å². The Morgan fingerprint density at radius 3 is 2.94 bits per heavy atom. The SMILES string of the molecule is O=C(Nc1nc(C2CC2)cs1)[C@@H]1C[C@@H]1[N+](=O)[O-]. The number of anilines is 1. The monoisotopic (exact) mass is 253 g/mol. The third-order valence-corrected chi connectivity index (χ3v) is 3.89. The summed E-state index contributed by atoms with van der Waals surface area (Å²) < 4.78 is 0. The molecule has 0 unspecified atom stereocenters. The van der Waals surface area contributed by atoms with Crippen molar-refractivity contribution in [2.75, 3.05) is 5.32 Å². The quantitative estimate of drug-likeness (QED) is 0.652. The molecule has 1 N–H and O–H groups in total. The van der Waals surface area contributed by atoms with E-state index in [9.17, 15) is 14.9 Å². The molecule has 1 amide bonds. The lowest BCUT2D eigenvalue weighted by Gasteiger charge is -1.97. The highest BCUT2D eigenvalue weighted by atomic mass is 32.1. The standard InChI is InChI=1S/C10H11N3O3S/c14-9(6-3-8(6)13(15)16)12-10-11-7(4-17-10)5-1-2-5/h4-6,8H,1-3H2,(H,11,12,14)/t6-,8+/m1/s1. The molecule has 17 heavy (non-hydrogen) atoms. The van der Waals surface area contributed by atoms with Crippen LogP contribution in [-0.2, 0) is 4.79 Å². The molecule has 7 heteroatoms. The smallest absolute Gasteiger partial charge is 0.236 e. The van der Waals surface area contributed by atoms with Gasteiger partial charge in [0.25, 0.3) is 0 Å². The summed E-state index contributed by atoms with van der Waals surface area (Å²) in [6.07, 6.45) is 2.69. The van der Waals surface area contributed by atoms with E-state index in [1.54, 1.807) is 0 Å². The van der Waals surface area contributed by atoms with Crippen molar-refractivity contribution in [3.05, 3.63) is 21.2 Å². The van der Waals surface area contributed by atoms with Gasteiger partial charge in [0.2, 0.25) is 11.9 Å². The van der Waals surface area contributed by atoms with Crippen molar-refractivity contribution in [3.8, 4) is 0 Å². The number of rotatable bonds is 4. The number of carbonyl (C=O) groups is 1. The van der Waals surface area contributed by atoms with Crippen LogP contribution in [0.15, 0.2) is 5.38 Å². The van der Waals surface area contributed by atoms with Gasteiger partial charge >= 0.3 is 0 Å². The third-order valence-electron chi connectivity index (χ3n) is 3.11. The molecule has 1 aromatic heterocycles. The fraction of sp³-hybridized carbons (Fsp3) is 0.600. The van der Waals surface area contributed by atoms with Crippen molar-refractivity contribution in [2.24, 2.45) is 5.92 Å². The molecule has 2 aliphatic carbocycles. The molecule has 2 saturated carbocycles. The maximum absolute atomic E-state index is 11.6. The van der Waals surface area contributed by atoms with E-state index < -0.39 is 12.0 Å². The van der Waals surface area contributed by atoms with Crippen LogP contribution in [0.2, 0.25) is 0 Å². The molecule has 1 heterocycles. The first-order valence-corrected chi connectivity index (χ1v) is 6.43. The molecule has 3 rings (SSSR count). The number of nitrogens with zero attached hydrogens (tertiary/aromatic N) is 2. The maximum Gasteiger partial charge on any atom is 0.236 e. The molecule has 6 nitrogen and oxygen atoms in total. The largest absolute Gasteiger partial charge is 0.301 e. The summed E-state index contributed by atoms with van der Waals surface area (Å²) in [6, 6.07) is -0.696. The van der Waals surface area contributed by atoms with Gasteiger partial charge in [-0.3, -0.25) is 14.9 Å². The Bertz CT molecular complexity index is 483. The van der Waals surface area contributed by atoms with Crippen molar-refractivity contribution >= 4 is 22.4 Å². The fourth-order valence-corrected chi connectivity index (χ4v) is 2.60. The van der Waals surface area contributed by atoms with Gasteiger partial charge in [0.15, 0.2) is 5.13 Å². The molecule has 0 aliphatic heterocycles. The number of nitro groups is 1. The van der Waals surface area contributed by atoms with E-state index in [0.29, 0.717) is 17.5 Å². The average molecular weight is 253 g/mol. The Kier molecular flexibility index (Phi) is 2.36. The summed E-state index contributed by atoms with van der Waals surface area (Å²) in [5.41, 5.74) is 1.03. The van der Waals surface area contributed by atoms with Gasteiger partial charge in [-0.25, -0.2) is 4.98 Å². The topological polar surface area (TPSA) is 85.1 Å². The van der Waals surface area contributed by atoms with Crippen LogP contribution in [0, 0.1) is 16.0 Å². The Morgan fingerprint density at radius 2 is 2.35 bits per heavy atom. The zero-order chi connectivity index (χ0) is 12.0. The summed E-state index contributed by atoms with van der Waals surface area (Å²) in [7, 11) is 0. The molecule has 1 aromatic rings. The van der Waals surface area contributed by atoms with E-state index >= 15 is 0 Å². The Balaban J connectivity index is 1.59. The Labute approximate surface area is 101 Å². The van der Waals surface area contributed by atoms with E-state index in [1.807, 2.05) is 5.38 Å².